The number of nitrogens with two attached hydrogens (primary N) is 2. The van der Waals surface area contributed by atoms with Crippen LogP contribution in [0.2, 0.25) is 0 Å². The lowest BCUT2D eigenvalue weighted by molar-refractivity contribution is 1.23. The van der Waals surface area contributed by atoms with Gasteiger partial charge in [-0.1, -0.05) is 31.4 Å². The second-order valence-corrected chi connectivity index (χ2v) is 1.58. The van der Waals surface area contributed by atoms with Crippen LogP contribution in [0.25, 0.3) is 0 Å². The summed E-state index contributed by atoms with van der Waals surface area (Å²) in [6.45, 7) is 7.01. The highest BCUT2D eigenvalue weighted by molar-refractivity contribution is 5.99. The number of amidine groups is 1. The fourth-order valence-corrected chi connectivity index (χ4v) is 0.459. The maximum absolute atomic E-state index is 5.35. The molecule has 0 aliphatic rings. The summed E-state index contributed by atoms with van der Waals surface area (Å²) in [6.07, 6.45) is 4.83. The Bertz CT molecular complexity index is 189. The lowest BCUT2D eigenvalue weighted by Crippen LogP contribution is -2.15. The van der Waals surface area contributed by atoms with Crippen molar-refractivity contribution in [3.63, 3.8) is 0 Å². The number of nitrogens with zero attached hydrogens (tertiary/aromatic N) is 1. The Balaban J connectivity index is 4.51. The monoisotopic (exact) mass is 137 g/mol. The van der Waals surface area contributed by atoms with E-state index >= 15 is 0 Å². The Hall–Kier alpha value is -1.51. The highest BCUT2D eigenvalue weighted by atomic mass is 15.2. The quantitative estimate of drug-likeness (QED) is 0.196. The van der Waals surface area contributed by atoms with Crippen LogP contribution in [0.4, 0.5) is 0 Å². The van der Waals surface area contributed by atoms with Crippen molar-refractivity contribution in [3.05, 3.63) is 37.0 Å². The lowest BCUT2D eigenvalue weighted by Gasteiger charge is -1.95. The maximum Gasteiger partial charge on any atom is 0.150 e. The topological polar surface area (TPSA) is 64.4 Å². The fourth-order valence-electron chi connectivity index (χ4n) is 0.459. The predicted octanol–water partition coefficient (Wildman–Crippen LogP) is 0.516. The highest BCUT2D eigenvalue weighted by Gasteiger charge is 1.93. The van der Waals surface area contributed by atoms with E-state index in [1.54, 1.807) is 18.2 Å². The standard InChI is InChI=1S/C7H11N3/c1-3-5-6(4-2)7(8)10-9/h3-5H,1-2,9H2,(H2,8,10)/b6-5+. The fraction of sp³-hybridized carbons (Fsp3) is 0. The molecular formula is C7H11N3. The minimum atomic E-state index is 0.259. The highest BCUT2D eigenvalue weighted by Crippen LogP contribution is 1.94. The summed E-state index contributed by atoms with van der Waals surface area (Å²) < 4.78 is 0. The van der Waals surface area contributed by atoms with Crippen LogP contribution < -0.4 is 11.6 Å². The summed E-state index contributed by atoms with van der Waals surface area (Å²) in [7, 11) is 0. The number of hydrogen-bond donors (Lipinski definition) is 2. The summed E-state index contributed by atoms with van der Waals surface area (Å²) in [6, 6.07) is 0. The molecule has 54 valence electrons. The molecule has 0 saturated carbocycles. The molecule has 0 radical (unpaired) electrons. The summed E-state index contributed by atoms with van der Waals surface area (Å²) in [4.78, 5) is 0. The molecule has 0 rings (SSSR count). The van der Waals surface area contributed by atoms with Crippen LogP contribution in [0.5, 0.6) is 0 Å². The minimum Gasteiger partial charge on any atom is -0.382 e. The number of rotatable bonds is 3. The van der Waals surface area contributed by atoms with E-state index in [1.807, 2.05) is 0 Å². The molecule has 0 heterocycles. The van der Waals surface area contributed by atoms with Crippen molar-refractivity contribution in [1.29, 1.82) is 0 Å². The van der Waals surface area contributed by atoms with Crippen LogP contribution in [0.1, 0.15) is 0 Å². The van der Waals surface area contributed by atoms with E-state index < -0.39 is 0 Å². The largest absolute Gasteiger partial charge is 0.382 e. The Kier molecular flexibility index (Phi) is 3.72. The van der Waals surface area contributed by atoms with Crippen molar-refractivity contribution < 1.29 is 0 Å². The van der Waals surface area contributed by atoms with Gasteiger partial charge in [0.2, 0.25) is 0 Å². The molecule has 0 aromatic carbocycles. The van der Waals surface area contributed by atoms with E-state index in [-0.39, 0.29) is 5.84 Å². The molecule has 0 aromatic heterocycles. The molecule has 4 N–H and O–H groups in total. The first-order valence-corrected chi connectivity index (χ1v) is 2.75. The zero-order chi connectivity index (χ0) is 7.98. The molecule has 0 saturated heterocycles. The van der Waals surface area contributed by atoms with E-state index in [0.29, 0.717) is 5.57 Å². The molecule has 0 unspecified atom stereocenters. The van der Waals surface area contributed by atoms with Crippen molar-refractivity contribution in [3.8, 4) is 0 Å². The van der Waals surface area contributed by atoms with Gasteiger partial charge in [-0.25, -0.2) is 0 Å². The van der Waals surface area contributed by atoms with Crippen molar-refractivity contribution in [2.75, 3.05) is 0 Å². The molecule has 0 atom stereocenters. The average Bonchev–Trinajstić information content (AvgIpc) is 1.99. The van der Waals surface area contributed by atoms with Gasteiger partial charge in [-0.3, -0.25) is 0 Å². The third kappa shape index (κ3) is 2.17. The van der Waals surface area contributed by atoms with Crippen molar-refractivity contribution >= 4 is 5.84 Å². The lowest BCUT2D eigenvalue weighted by atomic mass is 10.2. The summed E-state index contributed by atoms with van der Waals surface area (Å²) in [5.74, 6) is 5.18. The van der Waals surface area contributed by atoms with Gasteiger partial charge in [0.15, 0.2) is 0 Å². The Morgan fingerprint density at radius 1 is 1.40 bits per heavy atom. The first kappa shape index (κ1) is 8.49. The van der Waals surface area contributed by atoms with Gasteiger partial charge in [0, 0.05) is 5.57 Å². The van der Waals surface area contributed by atoms with Crippen LogP contribution in [-0.4, -0.2) is 5.84 Å². The van der Waals surface area contributed by atoms with Gasteiger partial charge < -0.3 is 11.6 Å². The molecule has 10 heavy (non-hydrogen) atoms. The molecule has 3 heteroatoms. The number of hydrogen-bond acceptors (Lipinski definition) is 2. The zero-order valence-corrected chi connectivity index (χ0v) is 5.75. The molecule has 0 aliphatic carbocycles. The van der Waals surface area contributed by atoms with E-state index in [0.717, 1.165) is 0 Å². The number of allylic oxidation sites excluding steroid dienone is 2. The van der Waals surface area contributed by atoms with Gasteiger partial charge in [0.05, 0.1) is 0 Å². The van der Waals surface area contributed by atoms with E-state index in [2.05, 4.69) is 18.3 Å². The maximum atomic E-state index is 5.35. The zero-order valence-electron chi connectivity index (χ0n) is 5.75. The molecule has 0 aromatic rings. The van der Waals surface area contributed by atoms with E-state index in [9.17, 15) is 0 Å². The smallest absolute Gasteiger partial charge is 0.150 e. The van der Waals surface area contributed by atoms with Crippen molar-refractivity contribution in [2.24, 2.45) is 16.7 Å². The van der Waals surface area contributed by atoms with Gasteiger partial charge in [-0.2, -0.15) is 5.10 Å². The number of hydrazone groups is 1. The Morgan fingerprint density at radius 2 is 2.00 bits per heavy atom. The summed E-state index contributed by atoms with van der Waals surface area (Å²) in [5, 5.41) is 3.29. The molecule has 0 spiro atoms. The van der Waals surface area contributed by atoms with Crippen LogP contribution >= 0.6 is 0 Å². The molecule has 0 fully saturated rings. The van der Waals surface area contributed by atoms with Crippen LogP contribution in [-0.2, 0) is 0 Å². The second kappa shape index (κ2) is 4.38. The SMILES string of the molecule is C=C/C=C(\C=C)C(N)=NN. The van der Waals surface area contributed by atoms with E-state index in [4.69, 9.17) is 11.6 Å². The average molecular weight is 137 g/mol. The van der Waals surface area contributed by atoms with Gasteiger partial charge in [-0.05, 0) is 0 Å². The van der Waals surface area contributed by atoms with Crippen molar-refractivity contribution in [2.45, 2.75) is 0 Å². The molecule has 0 aliphatic heterocycles. The van der Waals surface area contributed by atoms with Gasteiger partial charge in [0.1, 0.15) is 5.84 Å². The van der Waals surface area contributed by atoms with E-state index in [1.165, 1.54) is 0 Å². The second-order valence-electron chi connectivity index (χ2n) is 1.58. The first-order chi connectivity index (χ1) is 4.76. The summed E-state index contributed by atoms with van der Waals surface area (Å²) >= 11 is 0. The van der Waals surface area contributed by atoms with Crippen LogP contribution in [0, 0.1) is 0 Å². The third-order valence-corrected chi connectivity index (χ3v) is 0.952. The Labute approximate surface area is 60.4 Å². The molecule has 0 bridgehead atoms. The van der Waals surface area contributed by atoms with Gasteiger partial charge >= 0.3 is 0 Å². The van der Waals surface area contributed by atoms with Gasteiger partial charge in [0.25, 0.3) is 0 Å². The predicted molar refractivity (Wildman–Crippen MR) is 44.3 cm³/mol. The molecular weight excluding hydrogens is 126 g/mol. The van der Waals surface area contributed by atoms with Gasteiger partial charge in [-0.15, -0.1) is 0 Å². The molecule has 3 nitrogen and oxygen atoms in total. The minimum absolute atomic E-state index is 0.259. The van der Waals surface area contributed by atoms with Crippen LogP contribution in [0.3, 0.4) is 0 Å². The first-order valence-electron chi connectivity index (χ1n) is 2.75. The molecule has 0 amide bonds. The Morgan fingerprint density at radius 3 is 2.30 bits per heavy atom. The van der Waals surface area contributed by atoms with Crippen LogP contribution in [0.15, 0.2) is 42.1 Å². The third-order valence-electron chi connectivity index (χ3n) is 0.952. The summed E-state index contributed by atoms with van der Waals surface area (Å²) in [5.41, 5.74) is 6.03. The normalized spacial score (nSPS) is 12.8. The van der Waals surface area contributed by atoms with Crippen molar-refractivity contribution in [1.82, 2.24) is 0 Å².